The van der Waals surface area contributed by atoms with Gasteiger partial charge in [-0.05, 0) is 72.1 Å². The zero-order chi connectivity index (χ0) is 25.5. The molecule has 0 aromatic heterocycles. The first-order valence-electron chi connectivity index (χ1n) is 10.7. The van der Waals surface area contributed by atoms with Crippen LogP contribution in [0.3, 0.4) is 0 Å². The van der Waals surface area contributed by atoms with Crippen molar-refractivity contribution in [3.8, 4) is 22.6 Å². The molecule has 178 valence electrons. The summed E-state index contributed by atoms with van der Waals surface area (Å²) < 4.78 is 4.69. The highest BCUT2D eigenvalue weighted by Gasteiger charge is 2.07. The van der Waals surface area contributed by atoms with Crippen LogP contribution >= 0.6 is 0 Å². The maximum Gasteiger partial charge on any atom is 0.336 e. The molecule has 0 amide bonds. The number of rotatable bonds is 8. The third kappa shape index (κ3) is 5.84. The lowest BCUT2D eigenvalue weighted by Crippen LogP contribution is -1.98. The molecule has 0 heterocycles. The van der Waals surface area contributed by atoms with Crippen LogP contribution in [-0.4, -0.2) is 22.7 Å². The summed E-state index contributed by atoms with van der Waals surface area (Å²) in [7, 11) is 0. The molecule has 0 atom stereocenters. The minimum atomic E-state index is -1.000. The quantitative estimate of drug-likeness (QED) is 0.200. The van der Waals surface area contributed by atoms with Crippen LogP contribution in [0.1, 0.15) is 15.9 Å². The molecule has 0 aliphatic carbocycles. The summed E-state index contributed by atoms with van der Waals surface area (Å²) in [6, 6.07) is 24.1. The summed E-state index contributed by atoms with van der Waals surface area (Å²) >= 11 is 0. The number of carbonyl (C=O) groups is 2. The van der Waals surface area contributed by atoms with Crippen LogP contribution in [0.25, 0.3) is 11.1 Å². The highest BCUT2D eigenvalue weighted by molar-refractivity contribution is 5.90. The SMILES string of the molecule is Cc1ccc(/N=N/c2ccc(-c3ccc(/N=N/c4ccc(O)c(OC=O)c4)cc3)cc2)cc1C(=O)O. The molecule has 9 nitrogen and oxygen atoms in total. The fourth-order valence-corrected chi connectivity index (χ4v) is 3.29. The first-order chi connectivity index (χ1) is 17.4. The molecule has 0 saturated carbocycles. The van der Waals surface area contributed by atoms with Crippen LogP contribution in [0.4, 0.5) is 22.7 Å². The third-order valence-corrected chi connectivity index (χ3v) is 5.20. The number of ether oxygens (including phenoxy) is 1. The van der Waals surface area contributed by atoms with Gasteiger partial charge in [-0.1, -0.05) is 30.3 Å². The van der Waals surface area contributed by atoms with Crippen LogP contribution < -0.4 is 4.74 Å². The Morgan fingerprint density at radius 2 is 1.19 bits per heavy atom. The predicted molar refractivity (Wildman–Crippen MR) is 133 cm³/mol. The van der Waals surface area contributed by atoms with Gasteiger partial charge in [-0.15, -0.1) is 0 Å². The smallest absolute Gasteiger partial charge is 0.336 e. The van der Waals surface area contributed by atoms with Gasteiger partial charge in [-0.2, -0.15) is 20.5 Å². The second-order valence-corrected chi connectivity index (χ2v) is 7.66. The molecule has 0 spiro atoms. The normalized spacial score (nSPS) is 11.1. The number of hydrogen-bond acceptors (Lipinski definition) is 8. The maximum atomic E-state index is 11.3. The highest BCUT2D eigenvalue weighted by Crippen LogP contribution is 2.31. The zero-order valence-electron chi connectivity index (χ0n) is 19.1. The Hall–Kier alpha value is -5.18. The van der Waals surface area contributed by atoms with Crippen LogP contribution in [0, 0.1) is 6.92 Å². The topological polar surface area (TPSA) is 133 Å². The van der Waals surface area contributed by atoms with E-state index in [0.29, 0.717) is 28.3 Å². The average Bonchev–Trinajstić information content (AvgIpc) is 2.89. The Morgan fingerprint density at radius 1 is 0.722 bits per heavy atom. The van der Waals surface area contributed by atoms with Gasteiger partial charge in [-0.3, -0.25) is 4.79 Å². The third-order valence-electron chi connectivity index (χ3n) is 5.20. The maximum absolute atomic E-state index is 11.3. The molecule has 0 unspecified atom stereocenters. The van der Waals surface area contributed by atoms with Crippen LogP contribution in [0.5, 0.6) is 11.5 Å². The van der Waals surface area contributed by atoms with Crippen LogP contribution in [0.15, 0.2) is 105 Å². The lowest BCUT2D eigenvalue weighted by molar-refractivity contribution is -0.120. The molecule has 2 N–H and O–H groups in total. The summed E-state index contributed by atoms with van der Waals surface area (Å²) in [5.41, 5.74) is 4.93. The molecule has 0 radical (unpaired) electrons. The minimum Gasteiger partial charge on any atom is -0.504 e. The number of aromatic carboxylic acids is 1. The Morgan fingerprint density at radius 3 is 1.72 bits per heavy atom. The van der Waals surface area contributed by atoms with Crippen molar-refractivity contribution in [1.29, 1.82) is 0 Å². The van der Waals surface area contributed by atoms with Crippen molar-refractivity contribution >= 4 is 35.2 Å². The molecule has 36 heavy (non-hydrogen) atoms. The molecule has 0 saturated heterocycles. The van der Waals surface area contributed by atoms with E-state index in [4.69, 9.17) is 4.74 Å². The number of aryl methyl sites for hydroxylation is 1. The molecular weight excluding hydrogens is 460 g/mol. The van der Waals surface area contributed by atoms with E-state index in [1.54, 1.807) is 25.1 Å². The number of hydrogen-bond donors (Lipinski definition) is 2. The fourth-order valence-electron chi connectivity index (χ4n) is 3.29. The van der Waals surface area contributed by atoms with Crippen molar-refractivity contribution in [2.24, 2.45) is 20.5 Å². The van der Waals surface area contributed by atoms with E-state index in [1.807, 2.05) is 48.5 Å². The summed E-state index contributed by atoms with van der Waals surface area (Å²) in [5, 5.41) is 35.5. The number of carboxylic acids is 1. The van der Waals surface area contributed by atoms with Gasteiger partial charge in [0.2, 0.25) is 0 Å². The molecule has 0 aliphatic rings. The Bertz CT molecular complexity index is 1460. The summed E-state index contributed by atoms with van der Waals surface area (Å²) in [6.45, 7) is 1.96. The number of phenolic OH excluding ortho intramolecular Hbond substituents is 1. The van der Waals surface area contributed by atoms with E-state index >= 15 is 0 Å². The number of carboxylic acid groups (broad SMARTS) is 1. The molecule has 4 rings (SSSR count). The van der Waals surface area contributed by atoms with Gasteiger partial charge in [0, 0.05) is 6.07 Å². The number of nitrogens with zero attached hydrogens (tertiary/aromatic N) is 4. The largest absolute Gasteiger partial charge is 0.504 e. The Labute approximate surface area is 206 Å². The van der Waals surface area contributed by atoms with Crippen molar-refractivity contribution in [2.75, 3.05) is 0 Å². The number of aromatic hydroxyl groups is 1. The number of azo groups is 2. The molecule has 0 fully saturated rings. The lowest BCUT2D eigenvalue weighted by Gasteiger charge is -2.03. The highest BCUT2D eigenvalue weighted by atomic mass is 16.5. The van der Waals surface area contributed by atoms with Crippen molar-refractivity contribution < 1.29 is 24.5 Å². The minimum absolute atomic E-state index is 0.00339. The van der Waals surface area contributed by atoms with Crippen LogP contribution in [0.2, 0.25) is 0 Å². The number of phenols is 1. The van der Waals surface area contributed by atoms with E-state index in [2.05, 4.69) is 20.5 Å². The molecule has 0 bridgehead atoms. The summed E-state index contributed by atoms with van der Waals surface area (Å²) in [6.07, 6.45) is 0. The summed E-state index contributed by atoms with van der Waals surface area (Å²) in [5.74, 6) is -1.16. The fraction of sp³-hybridized carbons (Fsp3) is 0.0370. The van der Waals surface area contributed by atoms with E-state index in [1.165, 1.54) is 18.2 Å². The van der Waals surface area contributed by atoms with Crippen molar-refractivity contribution in [3.63, 3.8) is 0 Å². The molecule has 9 heteroatoms. The second kappa shape index (κ2) is 10.8. The average molecular weight is 480 g/mol. The van der Waals surface area contributed by atoms with Gasteiger partial charge in [0.15, 0.2) is 11.5 Å². The van der Waals surface area contributed by atoms with Gasteiger partial charge >= 0.3 is 5.97 Å². The lowest BCUT2D eigenvalue weighted by atomic mass is 10.1. The van der Waals surface area contributed by atoms with Crippen molar-refractivity contribution in [3.05, 3.63) is 96.1 Å². The van der Waals surface area contributed by atoms with Crippen molar-refractivity contribution in [2.45, 2.75) is 6.92 Å². The Balaban J connectivity index is 1.43. The second-order valence-electron chi connectivity index (χ2n) is 7.66. The van der Waals surface area contributed by atoms with Gasteiger partial charge in [0.05, 0.1) is 28.3 Å². The van der Waals surface area contributed by atoms with Gasteiger partial charge in [0.25, 0.3) is 6.47 Å². The van der Waals surface area contributed by atoms with Gasteiger partial charge < -0.3 is 14.9 Å². The number of carbonyl (C=O) groups excluding carboxylic acids is 1. The molecular formula is C27H20N4O5. The van der Waals surface area contributed by atoms with Crippen LogP contribution in [-0.2, 0) is 4.79 Å². The zero-order valence-corrected chi connectivity index (χ0v) is 19.1. The van der Waals surface area contributed by atoms with E-state index in [-0.39, 0.29) is 23.5 Å². The van der Waals surface area contributed by atoms with Gasteiger partial charge in [0.1, 0.15) is 0 Å². The predicted octanol–water partition coefficient (Wildman–Crippen LogP) is 7.43. The first kappa shape index (κ1) is 24.0. The van der Waals surface area contributed by atoms with Gasteiger partial charge in [-0.25, -0.2) is 4.79 Å². The monoisotopic (exact) mass is 480 g/mol. The molecule has 4 aromatic carbocycles. The molecule has 4 aromatic rings. The van der Waals surface area contributed by atoms with Crippen molar-refractivity contribution in [1.82, 2.24) is 0 Å². The number of benzene rings is 4. The molecule has 0 aliphatic heterocycles. The van der Waals surface area contributed by atoms with E-state index in [9.17, 15) is 19.8 Å². The van der Waals surface area contributed by atoms with E-state index in [0.717, 1.165) is 11.1 Å². The summed E-state index contributed by atoms with van der Waals surface area (Å²) in [4.78, 5) is 21.8. The van der Waals surface area contributed by atoms with E-state index < -0.39 is 5.97 Å². The standard InChI is InChI=1S/C27H20N4O5/c1-17-2-7-22(14-24(17)27(34)35)30-28-20-8-3-18(4-9-20)19-5-10-21(11-6-19)29-31-23-12-13-25(33)26(15-23)36-16-32/h2-16,33H,1H3,(H,34,35)/b30-28+,31-29+. The first-order valence-corrected chi connectivity index (χ1v) is 10.7. The Kier molecular flexibility index (Phi) is 7.21.